The van der Waals surface area contributed by atoms with Crippen molar-refractivity contribution in [3.63, 3.8) is 0 Å². The molecule has 0 saturated heterocycles. The van der Waals surface area contributed by atoms with Crippen LogP contribution in [0.1, 0.15) is 22.3 Å². The van der Waals surface area contributed by atoms with Crippen molar-refractivity contribution < 1.29 is 14.6 Å². The van der Waals surface area contributed by atoms with Gasteiger partial charge >= 0.3 is 0 Å². The van der Waals surface area contributed by atoms with Gasteiger partial charge in [-0.3, -0.25) is 4.79 Å². The van der Waals surface area contributed by atoms with Gasteiger partial charge in [0.1, 0.15) is 11.5 Å². The largest absolute Gasteiger partial charge is 0.507 e. The number of hydrogen-bond donors (Lipinski definition) is 2. The Morgan fingerprint density at radius 3 is 2.63 bits per heavy atom. The van der Waals surface area contributed by atoms with E-state index in [0.29, 0.717) is 23.1 Å². The third-order valence-corrected chi connectivity index (χ3v) is 4.25. The van der Waals surface area contributed by atoms with E-state index in [1.807, 2.05) is 24.3 Å². The molecule has 138 valence electrons. The summed E-state index contributed by atoms with van der Waals surface area (Å²) in [6.45, 7) is 0.585. The van der Waals surface area contributed by atoms with Gasteiger partial charge in [-0.15, -0.1) is 0 Å². The maximum absolute atomic E-state index is 12.3. The number of hydrogen-bond acceptors (Lipinski definition) is 3. The zero-order valence-electron chi connectivity index (χ0n) is 14.7. The normalized spacial score (nSPS) is 10.4. The molecule has 2 N–H and O–H groups in total. The Morgan fingerprint density at radius 2 is 1.81 bits per heavy atom. The fourth-order valence-electron chi connectivity index (χ4n) is 2.66. The highest BCUT2D eigenvalue weighted by Crippen LogP contribution is 2.24. The summed E-state index contributed by atoms with van der Waals surface area (Å²) < 4.78 is 5.78. The molecule has 0 saturated carbocycles. The number of aromatic hydroxyl groups is 1. The van der Waals surface area contributed by atoms with Crippen LogP contribution in [0, 0.1) is 0 Å². The number of nitrogens with one attached hydrogen (secondary N) is 1. The number of amides is 1. The molecule has 3 aromatic carbocycles. The number of carbonyl (C=O) groups excluding carboxylic acids is 1. The first-order chi connectivity index (χ1) is 13.1. The lowest BCUT2D eigenvalue weighted by Crippen LogP contribution is -2.12. The quantitative estimate of drug-likeness (QED) is 0.545. The molecule has 0 unspecified atom stereocenters. The summed E-state index contributed by atoms with van der Waals surface area (Å²) in [7, 11) is 0. The third-order valence-electron chi connectivity index (χ3n) is 4.02. The molecule has 0 aliphatic heterocycles. The van der Waals surface area contributed by atoms with Crippen LogP contribution in [0.5, 0.6) is 11.5 Å². The highest BCUT2D eigenvalue weighted by atomic mass is 35.5. The van der Waals surface area contributed by atoms with E-state index < -0.39 is 5.91 Å². The molecule has 0 radical (unpaired) electrons. The number of rotatable bonds is 7. The van der Waals surface area contributed by atoms with Crippen molar-refractivity contribution in [3.8, 4) is 11.5 Å². The number of carbonyl (C=O) groups is 1. The lowest BCUT2D eigenvalue weighted by atomic mass is 10.1. The van der Waals surface area contributed by atoms with Crippen molar-refractivity contribution in [1.29, 1.82) is 0 Å². The molecule has 4 nitrogen and oxygen atoms in total. The number of halogens is 1. The first-order valence-corrected chi connectivity index (χ1v) is 9.06. The Kier molecular flexibility index (Phi) is 6.34. The topological polar surface area (TPSA) is 58.6 Å². The molecule has 0 heterocycles. The Bertz CT molecular complexity index is 912. The summed E-state index contributed by atoms with van der Waals surface area (Å²) in [6.07, 6.45) is 1.85. The van der Waals surface area contributed by atoms with Gasteiger partial charge < -0.3 is 15.2 Å². The second kappa shape index (κ2) is 9.10. The highest BCUT2D eigenvalue weighted by molar-refractivity contribution is 6.31. The molecule has 5 heteroatoms. The molecule has 0 atom stereocenters. The second-order valence-corrected chi connectivity index (χ2v) is 6.52. The molecular weight excluding hydrogens is 362 g/mol. The van der Waals surface area contributed by atoms with E-state index >= 15 is 0 Å². The maximum atomic E-state index is 12.3. The minimum atomic E-state index is -0.434. The minimum absolute atomic E-state index is 0.120. The standard InChI is InChI=1S/C22H20ClNO3/c23-17-11-12-21(25)20(14-17)22(26)24-18-9-4-10-19(15-18)27-13-5-8-16-6-2-1-3-7-16/h1-4,6-7,9-12,14-15,25H,5,8,13H2,(H,24,26). The number of aryl methyl sites for hydroxylation is 1. The van der Waals surface area contributed by atoms with Crippen LogP contribution in [0.2, 0.25) is 5.02 Å². The third kappa shape index (κ3) is 5.50. The zero-order chi connectivity index (χ0) is 19.1. The molecule has 3 aromatic rings. The monoisotopic (exact) mass is 381 g/mol. The first-order valence-electron chi connectivity index (χ1n) is 8.68. The average Bonchev–Trinajstić information content (AvgIpc) is 2.68. The predicted molar refractivity (Wildman–Crippen MR) is 108 cm³/mol. The SMILES string of the molecule is O=C(Nc1cccc(OCCCc2ccccc2)c1)c1cc(Cl)ccc1O. The molecule has 0 spiro atoms. The lowest BCUT2D eigenvalue weighted by molar-refractivity contribution is 0.102. The number of ether oxygens (including phenoxy) is 1. The van der Waals surface area contributed by atoms with Gasteiger partial charge in [0.25, 0.3) is 5.91 Å². The molecule has 0 fully saturated rings. The van der Waals surface area contributed by atoms with E-state index in [0.717, 1.165) is 12.8 Å². The van der Waals surface area contributed by atoms with Gasteiger partial charge in [-0.05, 0) is 48.7 Å². The minimum Gasteiger partial charge on any atom is -0.507 e. The van der Waals surface area contributed by atoms with Crippen LogP contribution in [-0.4, -0.2) is 17.6 Å². The van der Waals surface area contributed by atoms with Gasteiger partial charge in [-0.1, -0.05) is 48.0 Å². The molecule has 1 amide bonds. The van der Waals surface area contributed by atoms with Crippen molar-refractivity contribution in [2.75, 3.05) is 11.9 Å². The van der Waals surface area contributed by atoms with Crippen molar-refractivity contribution >= 4 is 23.2 Å². The lowest BCUT2D eigenvalue weighted by Gasteiger charge is -2.10. The summed E-state index contributed by atoms with van der Waals surface area (Å²) >= 11 is 5.89. The van der Waals surface area contributed by atoms with Crippen molar-refractivity contribution in [3.05, 3.63) is 88.9 Å². The number of phenolic OH excluding ortho intramolecular Hbond substituents is 1. The summed E-state index contributed by atoms with van der Waals surface area (Å²) in [5.41, 5.74) is 1.99. The molecule has 27 heavy (non-hydrogen) atoms. The van der Waals surface area contributed by atoms with E-state index in [4.69, 9.17) is 16.3 Å². The van der Waals surface area contributed by atoms with Gasteiger partial charge in [-0.2, -0.15) is 0 Å². The Hall–Kier alpha value is -2.98. The molecule has 0 aromatic heterocycles. The fraction of sp³-hybridized carbons (Fsp3) is 0.136. The molecule has 0 aliphatic carbocycles. The van der Waals surface area contributed by atoms with Crippen molar-refractivity contribution in [2.45, 2.75) is 12.8 Å². The molecule has 0 aliphatic rings. The number of phenols is 1. The second-order valence-electron chi connectivity index (χ2n) is 6.08. The molecule has 0 bridgehead atoms. The van der Waals surface area contributed by atoms with Gasteiger partial charge in [0.05, 0.1) is 12.2 Å². The van der Waals surface area contributed by atoms with Crippen LogP contribution in [-0.2, 0) is 6.42 Å². The van der Waals surface area contributed by atoms with Crippen LogP contribution < -0.4 is 10.1 Å². The van der Waals surface area contributed by atoms with Crippen LogP contribution in [0.3, 0.4) is 0 Å². The number of benzene rings is 3. The molecule has 3 rings (SSSR count). The fourth-order valence-corrected chi connectivity index (χ4v) is 2.84. The zero-order valence-corrected chi connectivity index (χ0v) is 15.4. The molecular formula is C22H20ClNO3. The highest BCUT2D eigenvalue weighted by Gasteiger charge is 2.12. The Balaban J connectivity index is 1.55. The smallest absolute Gasteiger partial charge is 0.259 e. The van der Waals surface area contributed by atoms with Gasteiger partial charge in [0.15, 0.2) is 0 Å². The van der Waals surface area contributed by atoms with E-state index in [-0.39, 0.29) is 11.3 Å². The van der Waals surface area contributed by atoms with Crippen LogP contribution in [0.25, 0.3) is 0 Å². The van der Waals surface area contributed by atoms with Gasteiger partial charge in [-0.25, -0.2) is 0 Å². The van der Waals surface area contributed by atoms with Crippen LogP contribution in [0.15, 0.2) is 72.8 Å². The van der Waals surface area contributed by atoms with Gasteiger partial charge in [0.2, 0.25) is 0 Å². The van der Waals surface area contributed by atoms with E-state index in [1.165, 1.54) is 23.8 Å². The van der Waals surface area contributed by atoms with E-state index in [2.05, 4.69) is 17.4 Å². The Morgan fingerprint density at radius 1 is 1.00 bits per heavy atom. The average molecular weight is 382 g/mol. The van der Waals surface area contributed by atoms with E-state index in [1.54, 1.807) is 18.2 Å². The number of anilines is 1. The van der Waals surface area contributed by atoms with Crippen LogP contribution in [0.4, 0.5) is 5.69 Å². The predicted octanol–water partition coefficient (Wildman–Crippen LogP) is 5.31. The van der Waals surface area contributed by atoms with Crippen molar-refractivity contribution in [2.24, 2.45) is 0 Å². The Labute approximate surface area is 163 Å². The van der Waals surface area contributed by atoms with Crippen LogP contribution >= 0.6 is 11.6 Å². The summed E-state index contributed by atoms with van der Waals surface area (Å²) in [5.74, 6) is 0.123. The van der Waals surface area contributed by atoms with E-state index in [9.17, 15) is 9.90 Å². The summed E-state index contributed by atoms with van der Waals surface area (Å²) in [5, 5.41) is 13.0. The first kappa shape index (κ1) is 18.8. The maximum Gasteiger partial charge on any atom is 0.259 e. The summed E-state index contributed by atoms with van der Waals surface area (Å²) in [4.78, 5) is 12.3. The summed E-state index contributed by atoms with van der Waals surface area (Å²) in [6, 6.07) is 21.8. The van der Waals surface area contributed by atoms with Gasteiger partial charge in [0, 0.05) is 16.8 Å². The van der Waals surface area contributed by atoms with Crippen molar-refractivity contribution in [1.82, 2.24) is 0 Å².